The Hall–Kier alpha value is -2.05. The van der Waals surface area contributed by atoms with Crippen LogP contribution in [0.3, 0.4) is 0 Å². The fourth-order valence-electron chi connectivity index (χ4n) is 4.18. The zero-order valence-electron chi connectivity index (χ0n) is 14.9. The van der Waals surface area contributed by atoms with Gasteiger partial charge in [-0.2, -0.15) is 5.10 Å². The molecule has 2 aliphatic rings. The number of ether oxygens (including phenoxy) is 1. The number of hydrogen-bond donors (Lipinski definition) is 2. The minimum absolute atomic E-state index is 0. The van der Waals surface area contributed by atoms with E-state index in [1.54, 1.807) is 13.3 Å². The first-order valence-corrected chi connectivity index (χ1v) is 8.92. The van der Waals surface area contributed by atoms with Crippen molar-refractivity contribution in [3.63, 3.8) is 0 Å². The van der Waals surface area contributed by atoms with Gasteiger partial charge in [0.2, 0.25) is 5.91 Å². The average Bonchev–Trinajstić information content (AvgIpc) is 3.33. The molecule has 0 radical (unpaired) electrons. The molecule has 140 valence electrons. The monoisotopic (exact) mass is 376 g/mol. The number of halogens is 1. The summed E-state index contributed by atoms with van der Waals surface area (Å²) in [6.07, 6.45) is 6.98. The van der Waals surface area contributed by atoms with Crippen molar-refractivity contribution in [1.29, 1.82) is 0 Å². The maximum absolute atomic E-state index is 13.3. The predicted octanol–water partition coefficient (Wildman–Crippen LogP) is 2.20. The first-order chi connectivity index (χ1) is 12.2. The Kier molecular flexibility index (Phi) is 5.53. The van der Waals surface area contributed by atoms with Crippen LogP contribution in [0.15, 0.2) is 36.7 Å². The van der Waals surface area contributed by atoms with Crippen molar-refractivity contribution in [3.8, 4) is 5.75 Å². The molecule has 1 aliphatic heterocycles. The van der Waals surface area contributed by atoms with Crippen molar-refractivity contribution in [1.82, 2.24) is 20.4 Å². The molecule has 1 aliphatic carbocycles. The number of nitrogens with zero attached hydrogens (tertiary/aromatic N) is 2. The molecule has 1 saturated heterocycles. The van der Waals surface area contributed by atoms with Gasteiger partial charge in [-0.25, -0.2) is 0 Å². The third-order valence-electron chi connectivity index (χ3n) is 5.55. The lowest BCUT2D eigenvalue weighted by Gasteiger charge is -2.37. The highest BCUT2D eigenvalue weighted by molar-refractivity contribution is 5.85. The smallest absolute Gasteiger partial charge is 0.248 e. The minimum Gasteiger partial charge on any atom is -0.496 e. The Balaban J connectivity index is 0.00000196. The molecule has 1 amide bonds. The first kappa shape index (κ1) is 18.7. The number of fused-ring (bicyclic) bond motifs is 1. The van der Waals surface area contributed by atoms with Crippen LogP contribution < -0.4 is 15.4 Å². The van der Waals surface area contributed by atoms with Gasteiger partial charge in [-0.3, -0.25) is 9.48 Å². The van der Waals surface area contributed by atoms with Crippen molar-refractivity contribution in [2.45, 2.75) is 37.3 Å². The first-order valence-electron chi connectivity index (χ1n) is 8.92. The fraction of sp³-hybridized carbons (Fsp3) is 0.474. The van der Waals surface area contributed by atoms with Crippen molar-refractivity contribution in [3.05, 3.63) is 47.8 Å². The van der Waals surface area contributed by atoms with Gasteiger partial charge in [0, 0.05) is 12.4 Å². The normalized spacial score (nSPS) is 20.7. The number of hydrogen-bond acceptors (Lipinski definition) is 4. The summed E-state index contributed by atoms with van der Waals surface area (Å²) in [7, 11) is 1.70. The Morgan fingerprint density at radius 1 is 1.35 bits per heavy atom. The van der Waals surface area contributed by atoms with E-state index in [1.165, 1.54) is 11.1 Å². The summed E-state index contributed by atoms with van der Waals surface area (Å²) in [6.45, 7) is 1.64. The topological polar surface area (TPSA) is 68.2 Å². The van der Waals surface area contributed by atoms with E-state index in [9.17, 15) is 4.79 Å². The van der Waals surface area contributed by atoms with E-state index in [1.807, 2.05) is 29.1 Å². The van der Waals surface area contributed by atoms with Crippen LogP contribution in [0.4, 0.5) is 0 Å². The number of nitrogens with one attached hydrogen (secondary N) is 2. The van der Waals surface area contributed by atoms with E-state index in [0.717, 1.165) is 44.5 Å². The van der Waals surface area contributed by atoms with Crippen molar-refractivity contribution < 1.29 is 9.53 Å². The van der Waals surface area contributed by atoms with E-state index >= 15 is 0 Å². The average molecular weight is 377 g/mol. The van der Waals surface area contributed by atoms with E-state index in [-0.39, 0.29) is 24.4 Å². The maximum Gasteiger partial charge on any atom is 0.248 e. The molecule has 2 heterocycles. The molecule has 6 nitrogen and oxygen atoms in total. The standard InChI is InChI=1S/C19H24N4O2.ClH/c1-25-17-5-2-4-14-15(17)6-7-16(14)22-18(24)19(8-11-20-12-9-19)23-13-3-10-21-23;/h2-5,10,13,16,20H,6-9,11-12H2,1H3,(H,22,24);1H. The largest absolute Gasteiger partial charge is 0.496 e. The molecule has 1 aromatic carbocycles. The lowest BCUT2D eigenvalue weighted by Crippen LogP contribution is -2.55. The summed E-state index contributed by atoms with van der Waals surface area (Å²) in [5, 5.41) is 11.0. The van der Waals surface area contributed by atoms with Crippen LogP contribution in [0.2, 0.25) is 0 Å². The Bertz CT molecular complexity index is 757. The lowest BCUT2D eigenvalue weighted by molar-refractivity contribution is -0.132. The molecular formula is C19H25ClN4O2. The molecule has 0 bridgehead atoms. The highest BCUT2D eigenvalue weighted by atomic mass is 35.5. The fourth-order valence-corrected chi connectivity index (χ4v) is 4.18. The number of carbonyl (C=O) groups is 1. The summed E-state index contributed by atoms with van der Waals surface area (Å²) < 4.78 is 7.31. The van der Waals surface area contributed by atoms with Gasteiger partial charge in [0.1, 0.15) is 11.3 Å². The molecule has 26 heavy (non-hydrogen) atoms. The van der Waals surface area contributed by atoms with Gasteiger partial charge in [0.15, 0.2) is 0 Å². The number of methoxy groups -OCH3 is 1. The molecule has 1 aromatic heterocycles. The Morgan fingerprint density at radius 3 is 2.85 bits per heavy atom. The molecule has 7 heteroatoms. The van der Waals surface area contributed by atoms with E-state index in [2.05, 4.69) is 21.8 Å². The molecule has 1 atom stereocenters. The van der Waals surface area contributed by atoms with Crippen LogP contribution >= 0.6 is 12.4 Å². The van der Waals surface area contributed by atoms with Gasteiger partial charge in [-0.1, -0.05) is 12.1 Å². The van der Waals surface area contributed by atoms with Gasteiger partial charge in [-0.15, -0.1) is 12.4 Å². The summed E-state index contributed by atoms with van der Waals surface area (Å²) in [4.78, 5) is 13.3. The Labute approximate surface area is 159 Å². The molecular weight excluding hydrogens is 352 g/mol. The zero-order chi connectivity index (χ0) is 17.3. The molecule has 1 fully saturated rings. The van der Waals surface area contributed by atoms with Crippen molar-refractivity contribution >= 4 is 18.3 Å². The number of amides is 1. The molecule has 2 aromatic rings. The van der Waals surface area contributed by atoms with Crippen LogP contribution in [0, 0.1) is 0 Å². The van der Waals surface area contributed by atoms with Crippen molar-refractivity contribution in [2.24, 2.45) is 0 Å². The molecule has 2 N–H and O–H groups in total. The summed E-state index contributed by atoms with van der Waals surface area (Å²) >= 11 is 0. The molecule has 4 rings (SSSR count). The summed E-state index contributed by atoms with van der Waals surface area (Å²) in [5.74, 6) is 0.983. The predicted molar refractivity (Wildman–Crippen MR) is 102 cm³/mol. The second kappa shape index (κ2) is 7.68. The number of benzene rings is 1. The molecule has 0 saturated carbocycles. The van der Waals surface area contributed by atoms with Crippen LogP contribution in [0.25, 0.3) is 0 Å². The quantitative estimate of drug-likeness (QED) is 0.858. The van der Waals surface area contributed by atoms with Crippen LogP contribution in [0.5, 0.6) is 5.75 Å². The summed E-state index contributed by atoms with van der Waals surface area (Å²) in [5.41, 5.74) is 1.79. The van der Waals surface area contributed by atoms with E-state index in [4.69, 9.17) is 4.74 Å². The third-order valence-corrected chi connectivity index (χ3v) is 5.55. The number of aromatic nitrogens is 2. The van der Waals surface area contributed by atoms with Gasteiger partial charge < -0.3 is 15.4 Å². The van der Waals surface area contributed by atoms with Gasteiger partial charge in [0.05, 0.1) is 13.2 Å². The van der Waals surface area contributed by atoms with Crippen LogP contribution in [-0.4, -0.2) is 35.9 Å². The Morgan fingerprint density at radius 2 is 2.15 bits per heavy atom. The second-order valence-electron chi connectivity index (χ2n) is 6.82. The summed E-state index contributed by atoms with van der Waals surface area (Å²) in [6, 6.07) is 8.00. The number of carbonyl (C=O) groups excluding carboxylic acids is 1. The minimum atomic E-state index is -0.601. The van der Waals surface area contributed by atoms with E-state index in [0.29, 0.717) is 0 Å². The van der Waals surface area contributed by atoms with Gasteiger partial charge >= 0.3 is 0 Å². The molecule has 0 spiro atoms. The number of rotatable bonds is 4. The lowest BCUT2D eigenvalue weighted by atomic mass is 9.87. The SMILES string of the molecule is COc1cccc2c1CCC2NC(=O)C1(n2cccn2)CCNCC1.Cl. The third kappa shape index (κ3) is 3.08. The highest BCUT2D eigenvalue weighted by Crippen LogP contribution is 2.38. The molecule has 1 unspecified atom stereocenters. The second-order valence-corrected chi connectivity index (χ2v) is 6.82. The zero-order valence-corrected chi connectivity index (χ0v) is 15.7. The van der Waals surface area contributed by atoms with E-state index < -0.39 is 5.54 Å². The number of piperidine rings is 1. The maximum atomic E-state index is 13.3. The van der Waals surface area contributed by atoms with Crippen molar-refractivity contribution in [2.75, 3.05) is 20.2 Å². The van der Waals surface area contributed by atoms with Crippen LogP contribution in [0.1, 0.15) is 36.4 Å². The van der Waals surface area contributed by atoms with Gasteiger partial charge in [0.25, 0.3) is 0 Å². The van der Waals surface area contributed by atoms with Crippen LogP contribution in [-0.2, 0) is 16.8 Å². The highest BCUT2D eigenvalue weighted by Gasteiger charge is 2.43. The van der Waals surface area contributed by atoms with Gasteiger partial charge in [-0.05, 0) is 62.0 Å².